The smallest absolute Gasteiger partial charge is 0.0735 e. The Labute approximate surface area is 109 Å². The van der Waals surface area contributed by atoms with Crippen LogP contribution in [-0.4, -0.2) is 49.3 Å². The molecule has 0 amide bonds. The fraction of sp³-hybridized carbons (Fsp3) is 0.571. The second-order valence-corrected chi connectivity index (χ2v) is 5.50. The summed E-state index contributed by atoms with van der Waals surface area (Å²) in [6, 6.07) is 6.50. The molecule has 2 atom stereocenters. The van der Waals surface area contributed by atoms with Gasteiger partial charge in [-0.05, 0) is 45.1 Å². The average molecular weight is 249 g/mol. The molecule has 1 aliphatic heterocycles. The van der Waals surface area contributed by atoms with Gasteiger partial charge >= 0.3 is 0 Å². The van der Waals surface area contributed by atoms with Gasteiger partial charge in [0.25, 0.3) is 0 Å². The highest BCUT2D eigenvalue weighted by Gasteiger charge is 2.31. The number of nitrogens with two attached hydrogens (primary N) is 1. The van der Waals surface area contributed by atoms with Crippen LogP contribution in [0.3, 0.4) is 0 Å². The van der Waals surface area contributed by atoms with Crippen molar-refractivity contribution in [2.24, 2.45) is 0 Å². The maximum Gasteiger partial charge on any atom is 0.0735 e. The minimum absolute atomic E-state index is 0.238. The van der Waals surface area contributed by atoms with E-state index in [0.29, 0.717) is 12.6 Å². The lowest BCUT2D eigenvalue weighted by Crippen LogP contribution is -2.37. The molecule has 2 rings (SSSR count). The Bertz CT molecular complexity index is 420. The van der Waals surface area contributed by atoms with Gasteiger partial charge in [-0.25, -0.2) is 0 Å². The molecule has 4 nitrogen and oxygen atoms in total. The number of likely N-dealkylation sites (N-methyl/N-ethyl adjacent to an activating group) is 1. The summed E-state index contributed by atoms with van der Waals surface area (Å²) in [5.74, 6) is 0. The van der Waals surface area contributed by atoms with Crippen molar-refractivity contribution in [1.82, 2.24) is 4.90 Å². The van der Waals surface area contributed by atoms with Crippen LogP contribution in [0.15, 0.2) is 18.2 Å². The van der Waals surface area contributed by atoms with Gasteiger partial charge in [-0.2, -0.15) is 0 Å². The highest BCUT2D eigenvalue weighted by atomic mass is 16.3. The van der Waals surface area contributed by atoms with E-state index in [0.717, 1.165) is 29.9 Å². The third-order valence-corrected chi connectivity index (χ3v) is 3.56. The topological polar surface area (TPSA) is 52.7 Å². The van der Waals surface area contributed by atoms with Crippen LogP contribution < -0.4 is 10.6 Å². The Balaban J connectivity index is 2.21. The highest BCUT2D eigenvalue weighted by molar-refractivity contribution is 5.60. The van der Waals surface area contributed by atoms with Crippen molar-refractivity contribution >= 4 is 11.4 Å². The van der Waals surface area contributed by atoms with E-state index in [1.165, 1.54) is 0 Å². The zero-order valence-corrected chi connectivity index (χ0v) is 11.4. The van der Waals surface area contributed by atoms with Crippen LogP contribution >= 0.6 is 0 Å². The second kappa shape index (κ2) is 5.16. The van der Waals surface area contributed by atoms with Gasteiger partial charge in [0.2, 0.25) is 0 Å². The molecule has 1 aromatic carbocycles. The molecule has 0 bridgehead atoms. The SMILES string of the molecule is Cc1ccc(N2CC(O)CC2CN(C)C)cc1N. The number of nitrogen functional groups attached to an aromatic ring is 1. The van der Waals surface area contributed by atoms with E-state index in [1.54, 1.807) is 0 Å². The van der Waals surface area contributed by atoms with Crippen LogP contribution in [0.4, 0.5) is 11.4 Å². The molecular formula is C14H23N3O. The van der Waals surface area contributed by atoms with Crippen LogP contribution in [0.2, 0.25) is 0 Å². The number of hydrogen-bond donors (Lipinski definition) is 2. The van der Waals surface area contributed by atoms with Gasteiger partial charge in [-0.15, -0.1) is 0 Å². The summed E-state index contributed by atoms with van der Waals surface area (Å²) in [7, 11) is 4.12. The van der Waals surface area contributed by atoms with E-state index in [9.17, 15) is 5.11 Å². The molecule has 0 spiro atoms. The Kier molecular flexibility index (Phi) is 3.78. The predicted molar refractivity (Wildman–Crippen MR) is 75.9 cm³/mol. The minimum atomic E-state index is -0.238. The zero-order chi connectivity index (χ0) is 13.3. The molecule has 18 heavy (non-hydrogen) atoms. The summed E-state index contributed by atoms with van der Waals surface area (Å²) in [6.07, 6.45) is 0.587. The maximum atomic E-state index is 9.88. The average Bonchev–Trinajstić information content (AvgIpc) is 2.62. The van der Waals surface area contributed by atoms with Crippen LogP contribution in [-0.2, 0) is 0 Å². The van der Waals surface area contributed by atoms with E-state index in [2.05, 4.69) is 30.0 Å². The zero-order valence-electron chi connectivity index (χ0n) is 11.4. The molecular weight excluding hydrogens is 226 g/mol. The Morgan fingerprint density at radius 1 is 1.44 bits per heavy atom. The van der Waals surface area contributed by atoms with Crippen molar-refractivity contribution in [1.29, 1.82) is 0 Å². The molecule has 1 saturated heterocycles. The number of benzene rings is 1. The summed E-state index contributed by atoms with van der Waals surface area (Å²) in [6.45, 7) is 3.65. The molecule has 1 aromatic rings. The van der Waals surface area contributed by atoms with Gasteiger partial charge in [0.05, 0.1) is 6.10 Å². The van der Waals surface area contributed by atoms with Crippen molar-refractivity contribution in [3.8, 4) is 0 Å². The van der Waals surface area contributed by atoms with Crippen LogP contribution in [0.25, 0.3) is 0 Å². The van der Waals surface area contributed by atoms with Crippen molar-refractivity contribution in [2.75, 3.05) is 37.8 Å². The number of rotatable bonds is 3. The predicted octanol–water partition coefficient (Wildman–Crippen LogP) is 1.08. The fourth-order valence-electron chi connectivity index (χ4n) is 2.61. The standard InChI is InChI=1S/C14H23N3O/c1-10-4-5-11(7-14(10)15)17-9-13(18)6-12(17)8-16(2)3/h4-5,7,12-13,18H,6,8-9,15H2,1-3H3. The molecule has 0 radical (unpaired) electrons. The van der Waals surface area contributed by atoms with Gasteiger partial charge < -0.3 is 20.6 Å². The number of anilines is 2. The number of aliphatic hydroxyl groups is 1. The Hall–Kier alpha value is -1.26. The number of β-amino-alcohol motifs (C(OH)–C–C–N with tert-alkyl or cyclic N) is 1. The first-order valence-electron chi connectivity index (χ1n) is 6.43. The summed E-state index contributed by atoms with van der Waals surface area (Å²) in [5.41, 5.74) is 9.00. The van der Waals surface area contributed by atoms with E-state index in [-0.39, 0.29) is 6.10 Å². The van der Waals surface area contributed by atoms with Crippen LogP contribution in [0.5, 0.6) is 0 Å². The van der Waals surface area contributed by atoms with Crippen molar-refractivity contribution in [2.45, 2.75) is 25.5 Å². The third kappa shape index (κ3) is 2.76. The number of nitrogens with zero attached hydrogens (tertiary/aromatic N) is 2. The normalized spacial score (nSPS) is 23.9. The van der Waals surface area contributed by atoms with Crippen LogP contribution in [0, 0.1) is 6.92 Å². The van der Waals surface area contributed by atoms with Crippen molar-refractivity contribution < 1.29 is 5.11 Å². The molecule has 1 heterocycles. The molecule has 100 valence electrons. The summed E-state index contributed by atoms with van der Waals surface area (Å²) >= 11 is 0. The highest BCUT2D eigenvalue weighted by Crippen LogP contribution is 2.28. The van der Waals surface area contributed by atoms with E-state index < -0.39 is 0 Å². The molecule has 4 heteroatoms. The van der Waals surface area contributed by atoms with E-state index in [1.807, 2.05) is 19.1 Å². The number of aryl methyl sites for hydroxylation is 1. The number of aliphatic hydroxyl groups excluding tert-OH is 1. The largest absolute Gasteiger partial charge is 0.398 e. The number of hydrogen-bond acceptors (Lipinski definition) is 4. The molecule has 0 saturated carbocycles. The fourth-order valence-corrected chi connectivity index (χ4v) is 2.61. The summed E-state index contributed by atoms with van der Waals surface area (Å²) in [5, 5.41) is 9.88. The summed E-state index contributed by atoms with van der Waals surface area (Å²) in [4.78, 5) is 4.42. The summed E-state index contributed by atoms with van der Waals surface area (Å²) < 4.78 is 0. The first-order chi connectivity index (χ1) is 8.47. The minimum Gasteiger partial charge on any atom is -0.398 e. The lowest BCUT2D eigenvalue weighted by atomic mass is 10.1. The van der Waals surface area contributed by atoms with E-state index >= 15 is 0 Å². The Morgan fingerprint density at radius 2 is 2.17 bits per heavy atom. The van der Waals surface area contributed by atoms with Gasteiger partial charge in [0.1, 0.15) is 0 Å². The van der Waals surface area contributed by atoms with Gasteiger partial charge in [-0.3, -0.25) is 0 Å². The molecule has 1 fully saturated rings. The van der Waals surface area contributed by atoms with Crippen molar-refractivity contribution in [3.63, 3.8) is 0 Å². The quantitative estimate of drug-likeness (QED) is 0.787. The first-order valence-corrected chi connectivity index (χ1v) is 6.43. The van der Waals surface area contributed by atoms with Crippen LogP contribution in [0.1, 0.15) is 12.0 Å². The molecule has 0 aromatic heterocycles. The lowest BCUT2D eigenvalue weighted by Gasteiger charge is -2.29. The second-order valence-electron chi connectivity index (χ2n) is 5.50. The first kappa shape index (κ1) is 13.2. The van der Waals surface area contributed by atoms with Gasteiger partial charge in [0.15, 0.2) is 0 Å². The molecule has 2 unspecified atom stereocenters. The molecule has 0 aliphatic carbocycles. The molecule has 1 aliphatic rings. The van der Waals surface area contributed by atoms with Gasteiger partial charge in [0, 0.05) is 30.5 Å². The van der Waals surface area contributed by atoms with Gasteiger partial charge in [-0.1, -0.05) is 6.07 Å². The lowest BCUT2D eigenvalue weighted by molar-refractivity contribution is 0.191. The maximum absolute atomic E-state index is 9.88. The third-order valence-electron chi connectivity index (χ3n) is 3.56. The monoisotopic (exact) mass is 249 g/mol. The van der Waals surface area contributed by atoms with E-state index in [4.69, 9.17) is 5.73 Å². The van der Waals surface area contributed by atoms with Crippen molar-refractivity contribution in [3.05, 3.63) is 23.8 Å². The molecule has 3 N–H and O–H groups in total. The Morgan fingerprint density at radius 3 is 2.78 bits per heavy atom.